The van der Waals surface area contributed by atoms with Crippen LogP contribution in [0.4, 0.5) is 0 Å². The number of hydrogen-bond acceptors (Lipinski definition) is 4. The number of methoxy groups -OCH3 is 1. The van der Waals surface area contributed by atoms with Crippen molar-refractivity contribution in [2.24, 2.45) is 0 Å². The van der Waals surface area contributed by atoms with Crippen LogP contribution < -0.4 is 0 Å². The molecule has 17 heavy (non-hydrogen) atoms. The number of aliphatic hydroxyl groups excluding tert-OH is 1. The van der Waals surface area contributed by atoms with Gasteiger partial charge in [-0.2, -0.15) is 0 Å². The highest BCUT2D eigenvalue weighted by atomic mass is 16.5. The number of ether oxygens (including phenoxy) is 1. The van der Waals surface area contributed by atoms with Crippen LogP contribution in [0.2, 0.25) is 0 Å². The van der Waals surface area contributed by atoms with E-state index in [1.807, 2.05) is 30.7 Å². The first kappa shape index (κ1) is 14.4. The van der Waals surface area contributed by atoms with E-state index < -0.39 is 6.10 Å². The van der Waals surface area contributed by atoms with Gasteiger partial charge >= 0.3 is 0 Å². The van der Waals surface area contributed by atoms with Crippen molar-refractivity contribution in [3.63, 3.8) is 0 Å². The Bertz CT molecular complexity index is 258. The maximum absolute atomic E-state index is 12.1. The zero-order valence-corrected chi connectivity index (χ0v) is 11.2. The molecular weight excluding hydrogens is 220 g/mol. The highest BCUT2D eigenvalue weighted by molar-refractivity contribution is 5.84. The van der Waals surface area contributed by atoms with E-state index >= 15 is 0 Å². The van der Waals surface area contributed by atoms with Gasteiger partial charge in [0.25, 0.3) is 0 Å². The van der Waals surface area contributed by atoms with Crippen LogP contribution in [-0.2, 0) is 9.53 Å². The van der Waals surface area contributed by atoms with E-state index in [0.29, 0.717) is 13.2 Å². The van der Waals surface area contributed by atoms with Crippen LogP contribution in [0.25, 0.3) is 0 Å². The van der Waals surface area contributed by atoms with Crippen molar-refractivity contribution >= 4 is 5.91 Å². The molecule has 1 fully saturated rings. The number of amides is 1. The molecule has 1 aliphatic rings. The van der Waals surface area contributed by atoms with Crippen LogP contribution in [0, 0.1) is 0 Å². The van der Waals surface area contributed by atoms with Gasteiger partial charge in [-0.3, -0.25) is 9.69 Å². The van der Waals surface area contributed by atoms with E-state index in [2.05, 4.69) is 0 Å². The standard InChI is InChI=1S/C12H24N2O3/c1-9(2)14-6-5-11(12(14)16)13(3)7-10(15)8-17-4/h9-11,15H,5-8H2,1-4H3. The fourth-order valence-electron chi connectivity index (χ4n) is 2.31. The summed E-state index contributed by atoms with van der Waals surface area (Å²) in [5, 5.41) is 9.65. The van der Waals surface area contributed by atoms with Gasteiger partial charge in [-0.05, 0) is 27.3 Å². The molecule has 1 rings (SSSR count). The Balaban J connectivity index is 2.48. The van der Waals surface area contributed by atoms with E-state index in [4.69, 9.17) is 4.74 Å². The lowest BCUT2D eigenvalue weighted by molar-refractivity contribution is -0.133. The van der Waals surface area contributed by atoms with E-state index in [-0.39, 0.29) is 18.0 Å². The first-order valence-corrected chi connectivity index (χ1v) is 6.15. The highest BCUT2D eigenvalue weighted by Crippen LogP contribution is 2.18. The average molecular weight is 244 g/mol. The summed E-state index contributed by atoms with van der Waals surface area (Å²) in [5.41, 5.74) is 0. The SMILES string of the molecule is COCC(O)CN(C)C1CCN(C(C)C)C1=O. The Morgan fingerprint density at radius 2 is 2.24 bits per heavy atom. The van der Waals surface area contributed by atoms with Crippen molar-refractivity contribution < 1.29 is 14.6 Å². The van der Waals surface area contributed by atoms with Crippen LogP contribution in [-0.4, -0.2) is 72.9 Å². The molecule has 1 heterocycles. The fourth-order valence-corrected chi connectivity index (χ4v) is 2.31. The number of nitrogens with zero attached hydrogens (tertiary/aromatic N) is 2. The lowest BCUT2D eigenvalue weighted by atomic mass is 10.2. The molecule has 0 saturated carbocycles. The zero-order valence-electron chi connectivity index (χ0n) is 11.2. The summed E-state index contributed by atoms with van der Waals surface area (Å²) in [6.07, 6.45) is 0.304. The number of likely N-dealkylation sites (tertiary alicyclic amines) is 1. The van der Waals surface area contributed by atoms with Gasteiger partial charge in [0, 0.05) is 26.2 Å². The molecule has 0 spiro atoms. The molecule has 1 amide bonds. The lowest BCUT2D eigenvalue weighted by Crippen LogP contribution is -2.45. The van der Waals surface area contributed by atoms with Crippen molar-refractivity contribution in [3.8, 4) is 0 Å². The second kappa shape index (κ2) is 6.33. The molecule has 5 heteroatoms. The van der Waals surface area contributed by atoms with Crippen LogP contribution in [0.1, 0.15) is 20.3 Å². The molecule has 0 aromatic heterocycles. The van der Waals surface area contributed by atoms with Crippen molar-refractivity contribution in [1.82, 2.24) is 9.80 Å². The van der Waals surface area contributed by atoms with Crippen LogP contribution in [0.3, 0.4) is 0 Å². The Hall–Kier alpha value is -0.650. The molecule has 1 saturated heterocycles. The van der Waals surface area contributed by atoms with Gasteiger partial charge in [-0.25, -0.2) is 0 Å². The summed E-state index contributed by atoms with van der Waals surface area (Å²) >= 11 is 0. The summed E-state index contributed by atoms with van der Waals surface area (Å²) in [4.78, 5) is 15.9. The molecule has 0 bridgehead atoms. The first-order valence-electron chi connectivity index (χ1n) is 6.15. The predicted octanol–water partition coefficient (Wildman–Crippen LogP) is -0.0652. The minimum absolute atomic E-state index is 0.0936. The topological polar surface area (TPSA) is 53.0 Å². The molecule has 2 atom stereocenters. The average Bonchev–Trinajstić information content (AvgIpc) is 2.60. The molecule has 100 valence electrons. The van der Waals surface area contributed by atoms with Crippen molar-refractivity contribution in [1.29, 1.82) is 0 Å². The Morgan fingerprint density at radius 1 is 1.59 bits per heavy atom. The summed E-state index contributed by atoms with van der Waals surface area (Å²) in [6.45, 7) is 5.64. The maximum atomic E-state index is 12.1. The van der Waals surface area contributed by atoms with Gasteiger partial charge in [0.05, 0.1) is 18.8 Å². The zero-order chi connectivity index (χ0) is 13.0. The predicted molar refractivity (Wildman–Crippen MR) is 65.8 cm³/mol. The first-order chi connectivity index (χ1) is 7.97. The third-order valence-electron chi connectivity index (χ3n) is 3.22. The molecule has 1 N–H and O–H groups in total. The minimum Gasteiger partial charge on any atom is -0.389 e. The normalized spacial score (nSPS) is 22.9. The largest absolute Gasteiger partial charge is 0.389 e. The monoisotopic (exact) mass is 244 g/mol. The smallest absolute Gasteiger partial charge is 0.240 e. The Kier molecular flexibility index (Phi) is 5.36. The summed E-state index contributed by atoms with van der Waals surface area (Å²) < 4.78 is 4.88. The minimum atomic E-state index is -0.536. The van der Waals surface area contributed by atoms with Crippen LogP contribution in [0.15, 0.2) is 0 Å². The number of likely N-dealkylation sites (N-methyl/N-ethyl adjacent to an activating group) is 1. The third kappa shape index (κ3) is 3.66. The van der Waals surface area contributed by atoms with Crippen molar-refractivity contribution in [2.75, 3.05) is 33.9 Å². The number of rotatable bonds is 6. The van der Waals surface area contributed by atoms with E-state index in [1.54, 1.807) is 7.11 Å². The summed E-state index contributed by atoms with van der Waals surface area (Å²) in [7, 11) is 3.44. The van der Waals surface area contributed by atoms with Gasteiger partial charge in [0.1, 0.15) is 0 Å². The van der Waals surface area contributed by atoms with Gasteiger partial charge in [-0.1, -0.05) is 0 Å². The third-order valence-corrected chi connectivity index (χ3v) is 3.22. The van der Waals surface area contributed by atoms with Crippen molar-refractivity contribution in [3.05, 3.63) is 0 Å². The van der Waals surface area contributed by atoms with E-state index in [9.17, 15) is 9.90 Å². The second-order valence-electron chi connectivity index (χ2n) is 4.98. The quantitative estimate of drug-likeness (QED) is 0.711. The maximum Gasteiger partial charge on any atom is 0.240 e. The molecule has 0 radical (unpaired) electrons. The number of carbonyl (C=O) groups excluding carboxylic acids is 1. The highest BCUT2D eigenvalue weighted by Gasteiger charge is 2.35. The lowest BCUT2D eigenvalue weighted by Gasteiger charge is -2.26. The second-order valence-corrected chi connectivity index (χ2v) is 4.98. The van der Waals surface area contributed by atoms with Gasteiger partial charge in [0.15, 0.2) is 0 Å². The summed E-state index contributed by atoms with van der Waals surface area (Å²) in [6, 6.07) is 0.161. The Labute approximate surface area is 103 Å². The molecule has 0 aromatic carbocycles. The molecule has 0 aromatic rings. The van der Waals surface area contributed by atoms with Gasteiger partial charge in [0.2, 0.25) is 5.91 Å². The van der Waals surface area contributed by atoms with Gasteiger partial charge < -0.3 is 14.7 Å². The van der Waals surface area contributed by atoms with Crippen LogP contribution in [0.5, 0.6) is 0 Å². The van der Waals surface area contributed by atoms with E-state index in [1.165, 1.54) is 0 Å². The molecule has 2 unspecified atom stereocenters. The van der Waals surface area contributed by atoms with E-state index in [0.717, 1.165) is 13.0 Å². The fraction of sp³-hybridized carbons (Fsp3) is 0.917. The molecule has 1 aliphatic heterocycles. The molecular formula is C12H24N2O3. The van der Waals surface area contributed by atoms with Crippen LogP contribution >= 0.6 is 0 Å². The van der Waals surface area contributed by atoms with Gasteiger partial charge in [-0.15, -0.1) is 0 Å². The number of carbonyl (C=O) groups is 1. The Morgan fingerprint density at radius 3 is 2.71 bits per heavy atom. The number of aliphatic hydroxyl groups is 1. The molecule has 5 nitrogen and oxygen atoms in total. The number of hydrogen-bond donors (Lipinski definition) is 1. The van der Waals surface area contributed by atoms with Crippen molar-refractivity contribution in [2.45, 2.75) is 38.5 Å². The summed E-state index contributed by atoms with van der Waals surface area (Å²) in [5.74, 6) is 0.173. The molecule has 0 aliphatic carbocycles.